The van der Waals surface area contributed by atoms with Crippen LogP contribution < -0.4 is 0 Å². The van der Waals surface area contributed by atoms with Gasteiger partial charge in [0.1, 0.15) is 0 Å². The lowest BCUT2D eigenvalue weighted by Crippen LogP contribution is -2.25. The van der Waals surface area contributed by atoms with Crippen LogP contribution in [0.15, 0.2) is 24.3 Å². The van der Waals surface area contributed by atoms with E-state index in [9.17, 15) is 9.59 Å². The Kier molecular flexibility index (Phi) is 6.03. The molecule has 1 amide bonds. The van der Waals surface area contributed by atoms with Crippen molar-refractivity contribution in [2.45, 2.75) is 26.4 Å². The van der Waals surface area contributed by atoms with Gasteiger partial charge in [-0.1, -0.05) is 36.0 Å². The van der Waals surface area contributed by atoms with Gasteiger partial charge in [-0.3, -0.25) is 9.59 Å². The maximum atomic E-state index is 12.1. The zero-order chi connectivity index (χ0) is 16.1. The van der Waals surface area contributed by atoms with Crippen molar-refractivity contribution in [3.05, 3.63) is 35.4 Å². The normalized spacial score (nSPS) is 18.3. The zero-order valence-corrected chi connectivity index (χ0v) is 14.4. The quantitative estimate of drug-likeness (QED) is 0.807. The van der Waals surface area contributed by atoms with E-state index in [4.69, 9.17) is 0 Å². The number of likely N-dealkylation sites (tertiary alicyclic amines) is 1. The Balaban J connectivity index is 1.93. The number of nitrogens with zero attached hydrogens (tertiary/aromatic N) is 2. The summed E-state index contributed by atoms with van der Waals surface area (Å²) in [4.78, 5) is 27.2. The van der Waals surface area contributed by atoms with Crippen LogP contribution in [0, 0.1) is 5.92 Å². The van der Waals surface area contributed by atoms with E-state index < -0.39 is 0 Å². The van der Waals surface area contributed by atoms with Gasteiger partial charge in [-0.15, -0.1) is 0 Å². The average molecular weight is 320 g/mol. The fraction of sp³-hybridized carbons (Fsp3) is 0.529. The van der Waals surface area contributed by atoms with Gasteiger partial charge in [-0.05, 0) is 31.1 Å². The number of carbonyl (C=O) groups is 2. The van der Waals surface area contributed by atoms with Crippen molar-refractivity contribution in [1.82, 2.24) is 9.80 Å². The molecule has 1 saturated heterocycles. The van der Waals surface area contributed by atoms with Crippen molar-refractivity contribution >= 4 is 22.8 Å². The van der Waals surface area contributed by atoms with Crippen LogP contribution in [0.1, 0.15) is 24.5 Å². The Morgan fingerprint density at radius 2 is 2.09 bits per heavy atom. The van der Waals surface area contributed by atoms with E-state index in [0.29, 0.717) is 18.9 Å². The molecule has 0 bridgehead atoms. The summed E-state index contributed by atoms with van der Waals surface area (Å²) >= 11 is 1.32. The molecular formula is C17H24N2O2S. The number of rotatable bonds is 6. The van der Waals surface area contributed by atoms with Crippen molar-refractivity contribution < 1.29 is 9.59 Å². The maximum absolute atomic E-state index is 12.1. The SMILES string of the molecule is CC(=O)SCC1CC(=O)N(Cc2cccc(CN(C)C)c2)C1. The lowest BCUT2D eigenvalue weighted by atomic mass is 10.1. The predicted octanol–water partition coefficient (Wildman–Crippen LogP) is 2.38. The highest BCUT2D eigenvalue weighted by atomic mass is 32.2. The van der Waals surface area contributed by atoms with Gasteiger partial charge in [0.15, 0.2) is 5.12 Å². The maximum Gasteiger partial charge on any atom is 0.223 e. The van der Waals surface area contributed by atoms with Crippen LogP contribution in [-0.4, -0.2) is 47.2 Å². The van der Waals surface area contributed by atoms with E-state index in [1.807, 2.05) is 19.0 Å². The third kappa shape index (κ3) is 5.14. The minimum absolute atomic E-state index is 0.127. The van der Waals surface area contributed by atoms with Crippen molar-refractivity contribution in [2.75, 3.05) is 26.4 Å². The summed E-state index contributed by atoms with van der Waals surface area (Å²) in [5.41, 5.74) is 2.44. The minimum atomic E-state index is 0.127. The van der Waals surface area contributed by atoms with E-state index in [1.165, 1.54) is 22.9 Å². The molecule has 0 spiro atoms. The number of hydrogen-bond acceptors (Lipinski definition) is 4. The zero-order valence-electron chi connectivity index (χ0n) is 13.5. The first kappa shape index (κ1) is 17.0. The molecule has 1 aromatic carbocycles. The van der Waals surface area contributed by atoms with Gasteiger partial charge in [-0.25, -0.2) is 0 Å². The summed E-state index contributed by atoms with van der Waals surface area (Å²) in [5, 5.41) is 0.127. The van der Waals surface area contributed by atoms with Crippen molar-refractivity contribution in [1.29, 1.82) is 0 Å². The molecule has 2 rings (SSSR count). The number of amides is 1. The molecule has 1 unspecified atom stereocenters. The predicted molar refractivity (Wildman–Crippen MR) is 90.5 cm³/mol. The van der Waals surface area contributed by atoms with Crippen LogP contribution in [0.3, 0.4) is 0 Å². The molecule has 4 nitrogen and oxygen atoms in total. The van der Waals surface area contributed by atoms with E-state index in [2.05, 4.69) is 29.2 Å². The highest BCUT2D eigenvalue weighted by Gasteiger charge is 2.29. The largest absolute Gasteiger partial charge is 0.338 e. The van der Waals surface area contributed by atoms with Gasteiger partial charge in [-0.2, -0.15) is 0 Å². The molecule has 5 heteroatoms. The van der Waals surface area contributed by atoms with E-state index >= 15 is 0 Å². The molecule has 0 radical (unpaired) electrons. The highest BCUT2D eigenvalue weighted by Crippen LogP contribution is 2.24. The summed E-state index contributed by atoms with van der Waals surface area (Å²) in [6, 6.07) is 8.41. The molecular weight excluding hydrogens is 296 g/mol. The first-order chi connectivity index (χ1) is 10.4. The first-order valence-corrected chi connectivity index (χ1v) is 8.56. The van der Waals surface area contributed by atoms with Gasteiger partial charge in [0.05, 0.1) is 0 Å². The molecule has 1 aliphatic rings. The second-order valence-electron chi connectivity index (χ2n) is 6.20. The third-order valence-electron chi connectivity index (χ3n) is 3.68. The molecule has 0 N–H and O–H groups in total. The van der Waals surface area contributed by atoms with Gasteiger partial charge < -0.3 is 9.80 Å². The molecule has 0 saturated carbocycles. The summed E-state index contributed by atoms with van der Waals surface area (Å²) in [5.74, 6) is 1.25. The fourth-order valence-electron chi connectivity index (χ4n) is 2.77. The molecule has 0 aromatic heterocycles. The molecule has 1 fully saturated rings. The number of carbonyl (C=O) groups excluding carboxylic acids is 2. The average Bonchev–Trinajstić information content (AvgIpc) is 2.77. The summed E-state index contributed by atoms with van der Waals surface area (Å²) < 4.78 is 0. The standard InChI is InChI=1S/C17H24N2O2S/c1-13(20)22-12-16-8-17(21)19(11-16)10-15-6-4-5-14(7-15)9-18(2)3/h4-7,16H,8-12H2,1-3H3. The molecule has 0 aliphatic carbocycles. The lowest BCUT2D eigenvalue weighted by Gasteiger charge is -2.18. The Hall–Kier alpha value is -1.33. The smallest absolute Gasteiger partial charge is 0.223 e. The minimum Gasteiger partial charge on any atom is -0.338 e. The van der Waals surface area contributed by atoms with Crippen LogP contribution in [0.2, 0.25) is 0 Å². The summed E-state index contributed by atoms with van der Waals surface area (Å²) in [6.45, 7) is 3.91. The third-order valence-corrected chi connectivity index (χ3v) is 4.73. The van der Waals surface area contributed by atoms with Gasteiger partial charge in [0.25, 0.3) is 0 Å². The monoisotopic (exact) mass is 320 g/mol. The first-order valence-electron chi connectivity index (χ1n) is 7.57. The van der Waals surface area contributed by atoms with E-state index in [-0.39, 0.29) is 11.0 Å². The van der Waals surface area contributed by atoms with E-state index in [1.54, 1.807) is 6.92 Å². The van der Waals surface area contributed by atoms with Crippen LogP contribution in [-0.2, 0) is 22.7 Å². The second kappa shape index (κ2) is 7.79. The van der Waals surface area contributed by atoms with Gasteiger partial charge >= 0.3 is 0 Å². The van der Waals surface area contributed by atoms with Crippen LogP contribution >= 0.6 is 11.8 Å². The molecule has 1 heterocycles. The van der Waals surface area contributed by atoms with Crippen LogP contribution in [0.25, 0.3) is 0 Å². The number of benzene rings is 1. The van der Waals surface area contributed by atoms with Crippen LogP contribution in [0.4, 0.5) is 0 Å². The Bertz CT molecular complexity index is 545. The number of hydrogen-bond donors (Lipinski definition) is 0. The topological polar surface area (TPSA) is 40.6 Å². The summed E-state index contributed by atoms with van der Waals surface area (Å²) in [7, 11) is 4.10. The molecule has 22 heavy (non-hydrogen) atoms. The Morgan fingerprint density at radius 3 is 2.77 bits per heavy atom. The number of thioether (sulfide) groups is 1. The molecule has 1 aliphatic heterocycles. The van der Waals surface area contributed by atoms with E-state index in [0.717, 1.165) is 18.8 Å². The Labute approximate surface area is 136 Å². The lowest BCUT2D eigenvalue weighted by molar-refractivity contribution is -0.128. The molecule has 1 aromatic rings. The van der Waals surface area contributed by atoms with Gasteiger partial charge in [0.2, 0.25) is 5.91 Å². The summed E-state index contributed by atoms with van der Waals surface area (Å²) in [6.07, 6.45) is 0.567. The second-order valence-corrected chi connectivity index (χ2v) is 7.40. The van der Waals surface area contributed by atoms with Crippen molar-refractivity contribution in [2.24, 2.45) is 5.92 Å². The Morgan fingerprint density at radius 1 is 1.36 bits per heavy atom. The highest BCUT2D eigenvalue weighted by molar-refractivity contribution is 8.13. The van der Waals surface area contributed by atoms with Crippen molar-refractivity contribution in [3.8, 4) is 0 Å². The fourth-order valence-corrected chi connectivity index (χ4v) is 3.46. The van der Waals surface area contributed by atoms with Gasteiger partial charge in [0, 0.05) is 38.7 Å². The molecule has 120 valence electrons. The molecule has 1 atom stereocenters. The van der Waals surface area contributed by atoms with Crippen molar-refractivity contribution in [3.63, 3.8) is 0 Å². The van der Waals surface area contributed by atoms with Crippen LogP contribution in [0.5, 0.6) is 0 Å².